The van der Waals surface area contributed by atoms with Gasteiger partial charge < -0.3 is 23.7 Å². The SMILES string of the molecule is CC1(C)COC2(CCC(C=CC(OC3CCCCO3)C3CCCCCC3)C2CCC=O)OC1. The molecule has 0 radical (unpaired) electrons. The zero-order valence-corrected chi connectivity index (χ0v) is 21.0. The number of carbonyl (C=O) groups excluding carboxylic acids is 1. The van der Waals surface area contributed by atoms with E-state index in [1.807, 2.05) is 0 Å². The van der Waals surface area contributed by atoms with Crippen LogP contribution in [-0.2, 0) is 23.7 Å². The zero-order valence-electron chi connectivity index (χ0n) is 21.0. The van der Waals surface area contributed by atoms with Gasteiger partial charge in [-0.1, -0.05) is 51.7 Å². The summed E-state index contributed by atoms with van der Waals surface area (Å²) in [5, 5.41) is 0. The van der Waals surface area contributed by atoms with E-state index >= 15 is 0 Å². The van der Waals surface area contributed by atoms with E-state index in [2.05, 4.69) is 26.0 Å². The van der Waals surface area contributed by atoms with Crippen molar-refractivity contribution in [3.8, 4) is 0 Å². The van der Waals surface area contributed by atoms with Crippen LogP contribution in [0, 0.1) is 23.2 Å². The molecule has 4 unspecified atom stereocenters. The van der Waals surface area contributed by atoms with E-state index in [4.69, 9.17) is 18.9 Å². The van der Waals surface area contributed by atoms with Crippen LogP contribution in [0.5, 0.6) is 0 Å². The Morgan fingerprint density at radius 1 is 0.970 bits per heavy atom. The summed E-state index contributed by atoms with van der Waals surface area (Å²) >= 11 is 0. The fraction of sp³-hybridized carbons (Fsp3) is 0.893. The zero-order chi connectivity index (χ0) is 23.2. The maximum absolute atomic E-state index is 11.2. The third-order valence-corrected chi connectivity index (χ3v) is 8.28. The molecule has 4 aliphatic rings. The summed E-state index contributed by atoms with van der Waals surface area (Å²) in [6.45, 7) is 6.63. The third kappa shape index (κ3) is 6.68. The van der Waals surface area contributed by atoms with Gasteiger partial charge in [0.2, 0.25) is 0 Å². The lowest BCUT2D eigenvalue weighted by Gasteiger charge is -2.45. The predicted octanol–water partition coefficient (Wildman–Crippen LogP) is 6.20. The highest BCUT2D eigenvalue weighted by Crippen LogP contribution is 2.50. The number of hydrogen-bond acceptors (Lipinski definition) is 5. The van der Waals surface area contributed by atoms with Crippen molar-refractivity contribution >= 4 is 6.29 Å². The van der Waals surface area contributed by atoms with Gasteiger partial charge in [0, 0.05) is 30.8 Å². The second-order valence-electron chi connectivity index (χ2n) is 11.6. The monoisotopic (exact) mass is 462 g/mol. The minimum atomic E-state index is -0.529. The van der Waals surface area contributed by atoms with Crippen molar-refractivity contribution in [3.63, 3.8) is 0 Å². The van der Waals surface area contributed by atoms with E-state index in [0.29, 0.717) is 31.5 Å². The molecular formula is C28H46O5. The van der Waals surface area contributed by atoms with Crippen molar-refractivity contribution in [1.82, 2.24) is 0 Å². The molecule has 5 nitrogen and oxygen atoms in total. The molecule has 4 atom stereocenters. The number of ether oxygens (including phenoxy) is 4. The van der Waals surface area contributed by atoms with E-state index in [1.54, 1.807) is 0 Å². The molecule has 0 bridgehead atoms. The van der Waals surface area contributed by atoms with Crippen molar-refractivity contribution in [3.05, 3.63) is 12.2 Å². The molecule has 0 amide bonds. The molecule has 33 heavy (non-hydrogen) atoms. The predicted molar refractivity (Wildman–Crippen MR) is 129 cm³/mol. The van der Waals surface area contributed by atoms with Gasteiger partial charge in [0.15, 0.2) is 12.1 Å². The molecule has 0 aromatic rings. The number of hydrogen-bond donors (Lipinski definition) is 0. The maximum Gasteiger partial charge on any atom is 0.171 e. The quantitative estimate of drug-likeness (QED) is 0.244. The van der Waals surface area contributed by atoms with Gasteiger partial charge in [-0.2, -0.15) is 0 Å². The summed E-state index contributed by atoms with van der Waals surface area (Å²) < 4.78 is 25.4. The van der Waals surface area contributed by atoms with Gasteiger partial charge in [0.05, 0.1) is 19.3 Å². The van der Waals surface area contributed by atoms with Crippen molar-refractivity contribution in [2.45, 2.75) is 115 Å². The number of allylic oxidation sites excluding steroid dienone is 1. The Labute approximate surface area is 200 Å². The molecule has 2 aliphatic carbocycles. The average Bonchev–Trinajstić information content (AvgIpc) is 2.97. The molecular weight excluding hydrogens is 416 g/mol. The first-order valence-electron chi connectivity index (χ1n) is 13.7. The highest BCUT2D eigenvalue weighted by Gasteiger charge is 2.52. The second kappa shape index (κ2) is 11.8. The summed E-state index contributed by atoms with van der Waals surface area (Å²) in [5.41, 5.74) is 0.0484. The fourth-order valence-electron chi connectivity index (χ4n) is 6.27. The van der Waals surface area contributed by atoms with Crippen LogP contribution < -0.4 is 0 Å². The minimum absolute atomic E-state index is 0.0484. The van der Waals surface area contributed by atoms with Crippen molar-refractivity contribution < 1.29 is 23.7 Å². The normalized spacial score (nSPS) is 33.8. The van der Waals surface area contributed by atoms with Crippen molar-refractivity contribution in [1.29, 1.82) is 0 Å². The van der Waals surface area contributed by atoms with Crippen molar-refractivity contribution in [2.75, 3.05) is 19.8 Å². The van der Waals surface area contributed by atoms with Gasteiger partial charge in [-0.05, 0) is 56.8 Å². The summed E-state index contributed by atoms with van der Waals surface area (Å²) in [4.78, 5) is 11.2. The standard InChI is InChI=1S/C28H46O5/c1-27(2)20-31-28(32-21-27)17-16-22(24(28)12-9-18-29)14-15-25(23-10-5-3-4-6-11-23)33-26-13-7-8-19-30-26/h14-15,18,22-26H,3-13,16-17,19-21H2,1-2H3. The molecule has 2 heterocycles. The van der Waals surface area contributed by atoms with Crippen LogP contribution in [0.1, 0.15) is 97.3 Å². The lowest BCUT2D eigenvalue weighted by molar-refractivity contribution is -0.316. The molecule has 5 heteroatoms. The molecule has 0 aromatic carbocycles. The summed E-state index contributed by atoms with van der Waals surface area (Å²) in [6, 6.07) is 0. The van der Waals surface area contributed by atoms with Crippen LogP contribution in [0.15, 0.2) is 12.2 Å². The smallest absolute Gasteiger partial charge is 0.171 e. The first kappa shape index (κ1) is 25.3. The molecule has 0 N–H and O–H groups in total. The lowest BCUT2D eigenvalue weighted by atomic mass is 9.85. The van der Waals surface area contributed by atoms with E-state index in [-0.39, 0.29) is 23.7 Å². The minimum Gasteiger partial charge on any atom is -0.353 e. The molecule has 1 spiro atoms. The number of aldehydes is 1. The Bertz CT molecular complexity index is 620. The van der Waals surface area contributed by atoms with Crippen LogP contribution in [0.2, 0.25) is 0 Å². The number of carbonyl (C=O) groups is 1. The van der Waals surface area contributed by atoms with Crippen LogP contribution in [0.25, 0.3) is 0 Å². The number of rotatable bonds is 8. The lowest BCUT2D eigenvalue weighted by Crippen LogP contribution is -2.50. The molecule has 4 fully saturated rings. The van der Waals surface area contributed by atoms with Crippen LogP contribution in [0.4, 0.5) is 0 Å². The molecule has 2 saturated carbocycles. The van der Waals surface area contributed by atoms with Gasteiger partial charge in [0.1, 0.15) is 6.29 Å². The van der Waals surface area contributed by atoms with Crippen LogP contribution in [0.3, 0.4) is 0 Å². The van der Waals surface area contributed by atoms with Gasteiger partial charge in [-0.15, -0.1) is 0 Å². The average molecular weight is 463 g/mol. The first-order chi connectivity index (χ1) is 16.0. The largest absolute Gasteiger partial charge is 0.353 e. The summed E-state index contributed by atoms with van der Waals surface area (Å²) in [7, 11) is 0. The van der Waals surface area contributed by atoms with Gasteiger partial charge in [-0.25, -0.2) is 0 Å². The fourth-order valence-corrected chi connectivity index (χ4v) is 6.27. The molecule has 0 aromatic heterocycles. The van der Waals surface area contributed by atoms with Crippen LogP contribution >= 0.6 is 0 Å². The van der Waals surface area contributed by atoms with E-state index in [9.17, 15) is 4.79 Å². The Hall–Kier alpha value is -0.750. The Balaban J connectivity index is 1.47. The highest BCUT2D eigenvalue weighted by molar-refractivity contribution is 5.49. The molecule has 188 valence electrons. The highest BCUT2D eigenvalue weighted by atomic mass is 16.7. The summed E-state index contributed by atoms with van der Waals surface area (Å²) in [6.07, 6.45) is 20.3. The van der Waals surface area contributed by atoms with Gasteiger partial charge >= 0.3 is 0 Å². The van der Waals surface area contributed by atoms with E-state index in [0.717, 1.165) is 45.0 Å². The van der Waals surface area contributed by atoms with Crippen LogP contribution in [-0.4, -0.2) is 44.3 Å². The van der Waals surface area contributed by atoms with E-state index < -0.39 is 5.79 Å². The summed E-state index contributed by atoms with van der Waals surface area (Å²) in [5.74, 6) is 0.616. The third-order valence-electron chi connectivity index (χ3n) is 8.28. The molecule has 4 rings (SSSR count). The Morgan fingerprint density at radius 2 is 1.70 bits per heavy atom. The Morgan fingerprint density at radius 3 is 2.36 bits per heavy atom. The maximum atomic E-state index is 11.2. The first-order valence-corrected chi connectivity index (χ1v) is 13.7. The van der Waals surface area contributed by atoms with Crippen molar-refractivity contribution in [2.24, 2.45) is 23.2 Å². The topological polar surface area (TPSA) is 54.0 Å². The van der Waals surface area contributed by atoms with Gasteiger partial charge in [-0.3, -0.25) is 0 Å². The Kier molecular flexibility index (Phi) is 9.05. The van der Waals surface area contributed by atoms with Gasteiger partial charge in [0.25, 0.3) is 0 Å². The molecule has 2 saturated heterocycles. The second-order valence-corrected chi connectivity index (χ2v) is 11.6. The molecule has 2 aliphatic heterocycles. The van der Waals surface area contributed by atoms with E-state index in [1.165, 1.54) is 44.9 Å².